The number of para-hydroxylation sites is 4. The first-order valence-electron chi connectivity index (χ1n) is 18.2. The number of fused-ring (bicyclic) bond motifs is 9. The topological polar surface area (TPSA) is 13.1 Å². The minimum atomic E-state index is 1.13. The quantitative estimate of drug-likeness (QED) is 0.177. The number of rotatable bonds is 5. The van der Waals surface area contributed by atoms with E-state index in [0.29, 0.717) is 0 Å². The summed E-state index contributed by atoms with van der Waals surface area (Å²) in [7, 11) is 0. The number of benzene rings is 9. The Balaban J connectivity index is 1.14. The van der Waals surface area contributed by atoms with Crippen molar-refractivity contribution in [3.05, 3.63) is 200 Å². The van der Waals surface area contributed by atoms with Gasteiger partial charge in [0.05, 0.1) is 22.1 Å². The Labute approximate surface area is 306 Å². The molecule has 0 aliphatic heterocycles. The maximum Gasteiger partial charge on any atom is 0.0641 e. The Bertz CT molecular complexity index is 3130. The van der Waals surface area contributed by atoms with Crippen molar-refractivity contribution < 1.29 is 0 Å². The van der Waals surface area contributed by atoms with Crippen molar-refractivity contribution in [2.24, 2.45) is 0 Å². The number of anilines is 3. The molecule has 0 fully saturated rings. The summed E-state index contributed by atoms with van der Waals surface area (Å²) in [5, 5.41) is 9.90. The molecule has 0 radical (unpaired) electrons. The zero-order chi connectivity index (χ0) is 34.9. The van der Waals surface area contributed by atoms with E-state index in [1.807, 2.05) is 0 Å². The summed E-state index contributed by atoms with van der Waals surface area (Å²) in [5.41, 5.74) is 10.5. The van der Waals surface area contributed by atoms with E-state index in [4.69, 9.17) is 0 Å². The van der Waals surface area contributed by atoms with E-state index < -0.39 is 0 Å². The van der Waals surface area contributed by atoms with Crippen molar-refractivity contribution in [1.29, 1.82) is 0 Å². The molecule has 0 unspecified atom stereocenters. The molecule has 0 aliphatic rings. The lowest BCUT2D eigenvalue weighted by atomic mass is 10.1. The minimum absolute atomic E-state index is 1.13. The summed E-state index contributed by atoms with van der Waals surface area (Å²) in [6.07, 6.45) is 0. The standard InChI is InChI=1S/C50H33N3/c1-3-15-38(16-4-1)51(39-17-5-2-6-18-39)40-27-24-37-33-42(28-25-36(37)32-40)53-46-21-11-9-19-43(46)44-29-30-48-49(50(44)53)45-20-10-12-22-47(45)52(48)41-26-23-34-13-7-8-14-35(34)31-41/h1-33H. The molecule has 53 heavy (non-hydrogen) atoms. The molecule has 0 spiro atoms. The summed E-state index contributed by atoms with van der Waals surface area (Å²) < 4.78 is 4.92. The highest BCUT2D eigenvalue weighted by molar-refractivity contribution is 6.26. The summed E-state index contributed by atoms with van der Waals surface area (Å²) in [5.74, 6) is 0. The van der Waals surface area contributed by atoms with Crippen LogP contribution in [-0.4, -0.2) is 9.13 Å². The molecule has 0 bridgehead atoms. The summed E-state index contributed by atoms with van der Waals surface area (Å²) in [6, 6.07) is 72.7. The van der Waals surface area contributed by atoms with Gasteiger partial charge in [0.1, 0.15) is 0 Å². The average molecular weight is 676 g/mol. The van der Waals surface area contributed by atoms with Crippen LogP contribution in [0.2, 0.25) is 0 Å². The van der Waals surface area contributed by atoms with E-state index in [0.717, 1.165) is 22.7 Å². The molecule has 2 aromatic heterocycles. The minimum Gasteiger partial charge on any atom is -0.310 e. The van der Waals surface area contributed by atoms with Crippen molar-refractivity contribution in [2.75, 3.05) is 4.90 Å². The van der Waals surface area contributed by atoms with Crippen LogP contribution in [0.15, 0.2) is 200 Å². The van der Waals surface area contributed by atoms with E-state index in [9.17, 15) is 0 Å². The zero-order valence-electron chi connectivity index (χ0n) is 28.9. The second-order valence-electron chi connectivity index (χ2n) is 13.8. The highest BCUT2D eigenvalue weighted by Crippen LogP contribution is 2.43. The van der Waals surface area contributed by atoms with E-state index >= 15 is 0 Å². The van der Waals surface area contributed by atoms with Crippen LogP contribution in [0.5, 0.6) is 0 Å². The zero-order valence-corrected chi connectivity index (χ0v) is 28.9. The molecule has 3 nitrogen and oxygen atoms in total. The maximum atomic E-state index is 2.48. The van der Waals surface area contributed by atoms with Gasteiger partial charge < -0.3 is 14.0 Å². The van der Waals surface area contributed by atoms with Crippen LogP contribution >= 0.6 is 0 Å². The first-order chi connectivity index (χ1) is 26.3. The number of nitrogens with zero attached hydrogens (tertiary/aromatic N) is 3. The third-order valence-electron chi connectivity index (χ3n) is 10.8. The van der Waals surface area contributed by atoms with Gasteiger partial charge in [-0.25, -0.2) is 0 Å². The van der Waals surface area contributed by atoms with Crippen LogP contribution in [0, 0.1) is 0 Å². The monoisotopic (exact) mass is 675 g/mol. The molecule has 11 aromatic rings. The number of hydrogen-bond acceptors (Lipinski definition) is 1. The molecular formula is C50H33N3. The van der Waals surface area contributed by atoms with Crippen molar-refractivity contribution in [3.63, 3.8) is 0 Å². The second-order valence-corrected chi connectivity index (χ2v) is 13.8. The van der Waals surface area contributed by atoms with Crippen molar-refractivity contribution in [3.8, 4) is 11.4 Å². The van der Waals surface area contributed by atoms with Gasteiger partial charge >= 0.3 is 0 Å². The van der Waals surface area contributed by atoms with Gasteiger partial charge in [-0.1, -0.05) is 121 Å². The van der Waals surface area contributed by atoms with Gasteiger partial charge in [-0.2, -0.15) is 0 Å². The maximum absolute atomic E-state index is 2.48. The summed E-state index contributed by atoms with van der Waals surface area (Å²) >= 11 is 0. The smallest absolute Gasteiger partial charge is 0.0641 e. The molecular weight excluding hydrogens is 643 g/mol. The SMILES string of the molecule is c1ccc(N(c2ccccc2)c2ccc3cc(-n4c5ccccc5c5ccc6c(c7ccccc7n6-c6ccc7ccccc7c6)c54)ccc3c2)cc1. The fourth-order valence-corrected chi connectivity index (χ4v) is 8.47. The van der Waals surface area contributed by atoms with Crippen molar-refractivity contribution in [1.82, 2.24) is 9.13 Å². The molecule has 0 aliphatic carbocycles. The molecule has 0 amide bonds. The van der Waals surface area contributed by atoms with E-state index in [2.05, 4.69) is 214 Å². The largest absolute Gasteiger partial charge is 0.310 e. The van der Waals surface area contributed by atoms with Gasteiger partial charge in [-0.05, 0) is 100 Å². The van der Waals surface area contributed by atoms with Gasteiger partial charge in [0.2, 0.25) is 0 Å². The van der Waals surface area contributed by atoms with Crippen LogP contribution < -0.4 is 4.90 Å². The molecule has 0 atom stereocenters. The van der Waals surface area contributed by atoms with Gasteiger partial charge in [0.15, 0.2) is 0 Å². The van der Waals surface area contributed by atoms with E-state index in [1.165, 1.54) is 70.8 Å². The third kappa shape index (κ3) is 4.61. The lowest BCUT2D eigenvalue weighted by Crippen LogP contribution is -2.09. The van der Waals surface area contributed by atoms with Crippen molar-refractivity contribution >= 4 is 82.2 Å². The predicted molar refractivity (Wildman–Crippen MR) is 225 cm³/mol. The Kier molecular flexibility index (Phi) is 6.55. The van der Waals surface area contributed by atoms with Crippen LogP contribution in [0.3, 0.4) is 0 Å². The molecule has 11 rings (SSSR count). The van der Waals surface area contributed by atoms with E-state index in [-0.39, 0.29) is 0 Å². The van der Waals surface area contributed by atoms with Crippen LogP contribution in [0.25, 0.3) is 76.5 Å². The first-order valence-corrected chi connectivity index (χ1v) is 18.2. The Morgan fingerprint density at radius 3 is 1.57 bits per heavy atom. The average Bonchev–Trinajstić information content (AvgIpc) is 3.74. The third-order valence-corrected chi connectivity index (χ3v) is 10.8. The molecule has 0 saturated heterocycles. The van der Waals surface area contributed by atoms with Gasteiger partial charge in [0.25, 0.3) is 0 Å². The highest BCUT2D eigenvalue weighted by Gasteiger charge is 2.21. The van der Waals surface area contributed by atoms with Gasteiger partial charge in [-0.15, -0.1) is 0 Å². The first kappa shape index (κ1) is 29.6. The van der Waals surface area contributed by atoms with Gasteiger partial charge in [0, 0.05) is 50.0 Å². The second kappa shape index (κ2) is 11.7. The lowest BCUT2D eigenvalue weighted by Gasteiger charge is -2.25. The normalized spacial score (nSPS) is 11.8. The Morgan fingerprint density at radius 1 is 0.302 bits per heavy atom. The molecule has 2 heterocycles. The number of hydrogen-bond donors (Lipinski definition) is 0. The molecule has 248 valence electrons. The predicted octanol–water partition coefficient (Wildman–Crippen LogP) is 13.7. The Hall–Kier alpha value is -7.10. The molecule has 0 saturated carbocycles. The summed E-state index contributed by atoms with van der Waals surface area (Å²) in [6.45, 7) is 0. The van der Waals surface area contributed by atoms with E-state index in [1.54, 1.807) is 0 Å². The summed E-state index contributed by atoms with van der Waals surface area (Å²) in [4.78, 5) is 2.32. The Morgan fingerprint density at radius 2 is 0.830 bits per heavy atom. The fraction of sp³-hybridized carbons (Fsp3) is 0. The molecule has 3 heteroatoms. The highest BCUT2D eigenvalue weighted by atomic mass is 15.1. The van der Waals surface area contributed by atoms with Crippen molar-refractivity contribution in [2.45, 2.75) is 0 Å². The lowest BCUT2D eigenvalue weighted by molar-refractivity contribution is 1.18. The molecule has 9 aromatic carbocycles. The fourth-order valence-electron chi connectivity index (χ4n) is 8.47. The molecule has 0 N–H and O–H groups in total. The van der Waals surface area contributed by atoms with Crippen LogP contribution in [-0.2, 0) is 0 Å². The van der Waals surface area contributed by atoms with Crippen LogP contribution in [0.1, 0.15) is 0 Å². The number of aromatic nitrogens is 2. The van der Waals surface area contributed by atoms with Gasteiger partial charge in [-0.3, -0.25) is 0 Å². The van der Waals surface area contributed by atoms with Crippen LogP contribution in [0.4, 0.5) is 17.1 Å².